The molecule has 3 nitrogen and oxygen atoms in total. The van der Waals surface area contributed by atoms with Gasteiger partial charge < -0.3 is 16.2 Å². The summed E-state index contributed by atoms with van der Waals surface area (Å²) in [6.07, 6.45) is 4.74. The zero-order valence-corrected chi connectivity index (χ0v) is 9.52. The van der Waals surface area contributed by atoms with Gasteiger partial charge in [-0.2, -0.15) is 0 Å². The molecule has 0 aromatic heterocycles. The van der Waals surface area contributed by atoms with E-state index >= 15 is 0 Å². The maximum absolute atomic E-state index is 9.33. The van der Waals surface area contributed by atoms with Crippen molar-refractivity contribution >= 4 is 11.4 Å². The van der Waals surface area contributed by atoms with E-state index in [4.69, 9.17) is 5.73 Å². The SMILES string of the molecule is Nc1cccc(NC2CCCCC2CO)c1. The first-order valence-electron chi connectivity index (χ1n) is 6.02. The van der Waals surface area contributed by atoms with Gasteiger partial charge in [-0.3, -0.25) is 0 Å². The second-order valence-electron chi connectivity index (χ2n) is 4.60. The van der Waals surface area contributed by atoms with E-state index in [0.717, 1.165) is 24.2 Å². The molecule has 16 heavy (non-hydrogen) atoms. The van der Waals surface area contributed by atoms with Crippen LogP contribution in [0.1, 0.15) is 25.7 Å². The van der Waals surface area contributed by atoms with Crippen molar-refractivity contribution in [3.05, 3.63) is 24.3 Å². The second kappa shape index (κ2) is 5.21. The van der Waals surface area contributed by atoms with Crippen molar-refractivity contribution in [2.24, 2.45) is 5.92 Å². The third-order valence-electron chi connectivity index (χ3n) is 3.38. The molecule has 1 saturated carbocycles. The minimum atomic E-state index is 0.278. The first-order valence-corrected chi connectivity index (χ1v) is 6.02. The Bertz CT molecular complexity index is 340. The van der Waals surface area contributed by atoms with E-state index in [2.05, 4.69) is 5.32 Å². The summed E-state index contributed by atoms with van der Waals surface area (Å²) in [5, 5.41) is 12.8. The van der Waals surface area contributed by atoms with Gasteiger partial charge in [0.25, 0.3) is 0 Å². The molecule has 1 aliphatic rings. The molecule has 0 bridgehead atoms. The third-order valence-corrected chi connectivity index (χ3v) is 3.38. The number of hydrogen-bond donors (Lipinski definition) is 3. The molecule has 0 heterocycles. The zero-order valence-electron chi connectivity index (χ0n) is 9.52. The fourth-order valence-electron chi connectivity index (χ4n) is 2.46. The van der Waals surface area contributed by atoms with Gasteiger partial charge in [0.15, 0.2) is 0 Å². The minimum Gasteiger partial charge on any atom is -0.399 e. The monoisotopic (exact) mass is 220 g/mol. The van der Waals surface area contributed by atoms with Gasteiger partial charge >= 0.3 is 0 Å². The lowest BCUT2D eigenvalue weighted by Crippen LogP contribution is -2.34. The smallest absolute Gasteiger partial charge is 0.0478 e. The molecule has 2 atom stereocenters. The molecule has 0 amide bonds. The highest BCUT2D eigenvalue weighted by molar-refractivity contribution is 5.54. The summed E-state index contributed by atoms with van der Waals surface area (Å²) in [6, 6.07) is 8.20. The van der Waals surface area contributed by atoms with Crippen LogP contribution in [0.5, 0.6) is 0 Å². The predicted octanol–water partition coefficient (Wildman–Crippen LogP) is 2.23. The van der Waals surface area contributed by atoms with Crippen molar-refractivity contribution in [1.29, 1.82) is 0 Å². The normalized spacial score (nSPS) is 25.3. The van der Waals surface area contributed by atoms with Crippen molar-refractivity contribution in [1.82, 2.24) is 0 Å². The van der Waals surface area contributed by atoms with E-state index in [1.54, 1.807) is 0 Å². The van der Waals surface area contributed by atoms with Crippen LogP contribution in [0.3, 0.4) is 0 Å². The van der Waals surface area contributed by atoms with Crippen molar-refractivity contribution in [2.45, 2.75) is 31.7 Å². The lowest BCUT2D eigenvalue weighted by molar-refractivity contribution is 0.178. The molecular weight excluding hydrogens is 200 g/mol. The van der Waals surface area contributed by atoms with Crippen molar-refractivity contribution in [2.75, 3.05) is 17.7 Å². The van der Waals surface area contributed by atoms with Gasteiger partial charge in [0.1, 0.15) is 0 Å². The Morgan fingerprint density at radius 1 is 1.31 bits per heavy atom. The lowest BCUT2D eigenvalue weighted by Gasteiger charge is -2.31. The fraction of sp³-hybridized carbons (Fsp3) is 0.538. The number of hydrogen-bond acceptors (Lipinski definition) is 3. The maximum atomic E-state index is 9.33. The van der Waals surface area contributed by atoms with Gasteiger partial charge in [0.05, 0.1) is 0 Å². The number of rotatable bonds is 3. The predicted molar refractivity (Wildman–Crippen MR) is 67.3 cm³/mol. The number of benzene rings is 1. The number of anilines is 2. The van der Waals surface area contributed by atoms with Crippen LogP contribution in [0.25, 0.3) is 0 Å². The van der Waals surface area contributed by atoms with Crippen LogP contribution >= 0.6 is 0 Å². The molecule has 1 fully saturated rings. The fourth-order valence-corrected chi connectivity index (χ4v) is 2.46. The quantitative estimate of drug-likeness (QED) is 0.685. The molecule has 0 radical (unpaired) electrons. The number of nitrogen functional groups attached to an aromatic ring is 1. The van der Waals surface area contributed by atoms with Gasteiger partial charge in [0, 0.05) is 29.9 Å². The van der Waals surface area contributed by atoms with Crippen molar-refractivity contribution in [3.8, 4) is 0 Å². The molecule has 88 valence electrons. The minimum absolute atomic E-state index is 0.278. The largest absolute Gasteiger partial charge is 0.399 e. The number of nitrogens with two attached hydrogens (primary N) is 1. The first kappa shape index (κ1) is 11.3. The molecule has 1 aromatic rings. The molecule has 0 saturated heterocycles. The molecule has 1 aliphatic carbocycles. The van der Waals surface area contributed by atoms with Gasteiger partial charge in [-0.1, -0.05) is 18.9 Å². The summed E-state index contributed by atoms with van der Waals surface area (Å²) < 4.78 is 0. The highest BCUT2D eigenvalue weighted by atomic mass is 16.3. The lowest BCUT2D eigenvalue weighted by atomic mass is 9.85. The molecule has 0 aliphatic heterocycles. The molecule has 2 rings (SSSR count). The van der Waals surface area contributed by atoms with E-state index in [1.807, 2.05) is 24.3 Å². The number of aliphatic hydroxyl groups excluding tert-OH is 1. The Hall–Kier alpha value is -1.22. The summed E-state index contributed by atoms with van der Waals surface area (Å²) in [6.45, 7) is 0.278. The summed E-state index contributed by atoms with van der Waals surface area (Å²) in [7, 11) is 0. The molecular formula is C13H20N2O. The first-order chi connectivity index (χ1) is 7.79. The van der Waals surface area contributed by atoms with Crippen LogP contribution < -0.4 is 11.1 Å². The van der Waals surface area contributed by atoms with E-state index in [1.165, 1.54) is 12.8 Å². The summed E-state index contributed by atoms with van der Waals surface area (Å²) in [4.78, 5) is 0. The Morgan fingerprint density at radius 2 is 2.12 bits per heavy atom. The van der Waals surface area contributed by atoms with E-state index in [9.17, 15) is 5.11 Å². The Kier molecular flexibility index (Phi) is 3.67. The Balaban J connectivity index is 2.02. The van der Waals surface area contributed by atoms with E-state index in [0.29, 0.717) is 12.0 Å². The van der Waals surface area contributed by atoms with Crippen molar-refractivity contribution < 1.29 is 5.11 Å². The summed E-state index contributed by atoms with van der Waals surface area (Å²) in [5.74, 6) is 0.384. The Labute approximate surface area is 96.7 Å². The average Bonchev–Trinajstić information content (AvgIpc) is 2.30. The summed E-state index contributed by atoms with van der Waals surface area (Å²) >= 11 is 0. The van der Waals surface area contributed by atoms with Crippen LogP contribution in [0.15, 0.2) is 24.3 Å². The maximum Gasteiger partial charge on any atom is 0.0478 e. The highest BCUT2D eigenvalue weighted by Crippen LogP contribution is 2.27. The van der Waals surface area contributed by atoms with Gasteiger partial charge in [0.2, 0.25) is 0 Å². The number of nitrogens with one attached hydrogen (secondary N) is 1. The molecule has 3 heteroatoms. The van der Waals surface area contributed by atoms with Crippen LogP contribution in [-0.4, -0.2) is 17.8 Å². The van der Waals surface area contributed by atoms with Crippen LogP contribution in [-0.2, 0) is 0 Å². The molecule has 0 spiro atoms. The second-order valence-corrected chi connectivity index (χ2v) is 4.60. The topological polar surface area (TPSA) is 58.3 Å². The molecule has 4 N–H and O–H groups in total. The van der Waals surface area contributed by atoms with Gasteiger partial charge in [-0.05, 0) is 31.0 Å². The zero-order chi connectivity index (χ0) is 11.4. The van der Waals surface area contributed by atoms with Gasteiger partial charge in [-0.15, -0.1) is 0 Å². The summed E-state index contributed by atoms with van der Waals surface area (Å²) in [5.41, 5.74) is 7.58. The third kappa shape index (κ3) is 2.67. The standard InChI is InChI=1S/C13H20N2O/c14-11-5-3-6-12(8-11)15-13-7-2-1-4-10(13)9-16/h3,5-6,8,10,13,15-16H,1-2,4,7,9,14H2. The van der Waals surface area contributed by atoms with Crippen LogP contribution in [0.4, 0.5) is 11.4 Å². The van der Waals surface area contributed by atoms with Crippen LogP contribution in [0, 0.1) is 5.92 Å². The van der Waals surface area contributed by atoms with Crippen molar-refractivity contribution in [3.63, 3.8) is 0 Å². The highest BCUT2D eigenvalue weighted by Gasteiger charge is 2.24. The molecule has 1 aromatic carbocycles. The van der Waals surface area contributed by atoms with Crippen LogP contribution in [0.2, 0.25) is 0 Å². The van der Waals surface area contributed by atoms with E-state index < -0.39 is 0 Å². The molecule has 2 unspecified atom stereocenters. The number of aliphatic hydroxyl groups is 1. The average molecular weight is 220 g/mol. The van der Waals surface area contributed by atoms with Gasteiger partial charge in [-0.25, -0.2) is 0 Å². The Morgan fingerprint density at radius 3 is 2.88 bits per heavy atom. The van der Waals surface area contributed by atoms with E-state index in [-0.39, 0.29) is 6.61 Å².